The molecule has 0 bridgehead atoms. The molecule has 236 valence electrons. The van der Waals surface area contributed by atoms with E-state index in [0.717, 1.165) is 15.4 Å². The number of anilines is 1. The Morgan fingerprint density at radius 3 is 2.18 bits per heavy atom. The molecule has 4 rings (SSSR count). The number of carbonyl (C=O) groups is 2. The summed E-state index contributed by atoms with van der Waals surface area (Å²) in [5.74, 6) is -0.482. The second-order valence-electron chi connectivity index (χ2n) is 10.3. The van der Waals surface area contributed by atoms with Gasteiger partial charge in [-0.2, -0.15) is 0 Å². The summed E-state index contributed by atoms with van der Waals surface area (Å²) in [4.78, 5) is 29.1. The van der Waals surface area contributed by atoms with Crippen molar-refractivity contribution in [2.24, 2.45) is 0 Å². The minimum Gasteiger partial charge on any atom is -0.494 e. The summed E-state index contributed by atoms with van der Waals surface area (Å²) in [7, 11) is -2.74. The van der Waals surface area contributed by atoms with Crippen LogP contribution in [0, 0.1) is 6.92 Å². The number of ether oxygens (including phenoxy) is 1. The molecule has 0 radical (unpaired) electrons. The van der Waals surface area contributed by atoms with E-state index in [1.54, 1.807) is 54.6 Å². The number of benzene rings is 4. The molecule has 11 heteroatoms. The van der Waals surface area contributed by atoms with Crippen LogP contribution in [-0.2, 0) is 32.6 Å². The molecule has 1 N–H and O–H groups in total. The van der Waals surface area contributed by atoms with E-state index < -0.39 is 34.4 Å². The molecule has 0 unspecified atom stereocenters. The molecular weight excluding hydrogens is 633 g/mol. The molecule has 0 aliphatic carbocycles. The largest absolute Gasteiger partial charge is 0.494 e. The lowest BCUT2D eigenvalue weighted by Crippen LogP contribution is -2.53. The summed E-state index contributed by atoms with van der Waals surface area (Å²) in [5.41, 5.74) is 2.59. The highest BCUT2D eigenvalue weighted by Crippen LogP contribution is 2.28. The Hall–Kier alpha value is -4.05. The van der Waals surface area contributed by atoms with Crippen molar-refractivity contribution in [2.45, 2.75) is 37.8 Å². The maximum absolute atomic E-state index is 14.4. The molecule has 0 aliphatic rings. The molecule has 45 heavy (non-hydrogen) atoms. The van der Waals surface area contributed by atoms with E-state index in [1.165, 1.54) is 24.1 Å². The standard InChI is InChI=1S/C34H35Cl2N3O5S/c1-4-44-29-16-18-30(19-17-29)45(42,43)39(28-14-10-24(2)11-15-28)23-33(40)38(22-26-12-13-27(35)21-31(26)36)32(34(41)37-3)20-25-8-6-5-7-9-25/h5-19,21,32H,4,20,22-23H2,1-3H3,(H,37,41)/t32-/m1/s1. The zero-order chi connectivity index (χ0) is 32.6. The number of amides is 2. The van der Waals surface area contributed by atoms with Gasteiger partial charge in [0, 0.05) is 30.1 Å². The van der Waals surface area contributed by atoms with E-state index in [1.807, 2.05) is 44.2 Å². The summed E-state index contributed by atoms with van der Waals surface area (Å²) in [6.45, 7) is 3.51. The minimum absolute atomic E-state index is 0.0150. The van der Waals surface area contributed by atoms with Crippen LogP contribution >= 0.6 is 23.2 Å². The summed E-state index contributed by atoms with van der Waals surface area (Å²) >= 11 is 12.7. The topological polar surface area (TPSA) is 96.0 Å². The van der Waals surface area contributed by atoms with E-state index in [2.05, 4.69) is 5.32 Å². The zero-order valence-electron chi connectivity index (χ0n) is 25.2. The predicted octanol–water partition coefficient (Wildman–Crippen LogP) is 6.28. The highest BCUT2D eigenvalue weighted by molar-refractivity contribution is 7.92. The van der Waals surface area contributed by atoms with Crippen LogP contribution in [0.1, 0.15) is 23.6 Å². The van der Waals surface area contributed by atoms with Crippen molar-refractivity contribution >= 4 is 50.7 Å². The van der Waals surface area contributed by atoms with Crippen molar-refractivity contribution in [2.75, 3.05) is 24.5 Å². The number of carbonyl (C=O) groups excluding carboxylic acids is 2. The van der Waals surface area contributed by atoms with Gasteiger partial charge in [0.05, 0.1) is 17.2 Å². The van der Waals surface area contributed by atoms with Crippen molar-refractivity contribution < 1.29 is 22.7 Å². The lowest BCUT2D eigenvalue weighted by molar-refractivity contribution is -0.139. The van der Waals surface area contributed by atoms with Gasteiger partial charge in [-0.3, -0.25) is 13.9 Å². The SMILES string of the molecule is CCOc1ccc(S(=O)(=O)N(CC(=O)N(Cc2ccc(Cl)cc2Cl)[C@H](Cc2ccccc2)C(=O)NC)c2ccc(C)cc2)cc1. The minimum atomic E-state index is -4.24. The van der Waals surface area contributed by atoms with E-state index >= 15 is 0 Å². The van der Waals surface area contributed by atoms with Gasteiger partial charge in [-0.05, 0) is 73.5 Å². The Balaban J connectivity index is 1.79. The first-order valence-corrected chi connectivity index (χ1v) is 16.5. The number of halogens is 2. The van der Waals surface area contributed by atoms with Gasteiger partial charge >= 0.3 is 0 Å². The van der Waals surface area contributed by atoms with Crippen LogP contribution < -0.4 is 14.4 Å². The highest BCUT2D eigenvalue weighted by atomic mass is 35.5. The van der Waals surface area contributed by atoms with Crippen LogP contribution in [0.2, 0.25) is 10.0 Å². The summed E-state index contributed by atoms with van der Waals surface area (Å²) in [6.07, 6.45) is 0.188. The lowest BCUT2D eigenvalue weighted by Gasteiger charge is -2.33. The number of nitrogens with one attached hydrogen (secondary N) is 1. The number of rotatable bonds is 13. The van der Waals surface area contributed by atoms with Crippen molar-refractivity contribution in [3.05, 3.63) is 124 Å². The molecule has 0 aromatic heterocycles. The normalized spacial score (nSPS) is 11.8. The maximum atomic E-state index is 14.4. The first-order valence-electron chi connectivity index (χ1n) is 14.3. The van der Waals surface area contributed by atoms with Crippen LogP contribution in [0.25, 0.3) is 0 Å². The monoisotopic (exact) mass is 667 g/mol. The molecule has 1 atom stereocenters. The predicted molar refractivity (Wildman–Crippen MR) is 178 cm³/mol. The smallest absolute Gasteiger partial charge is 0.264 e. The number of hydrogen-bond donors (Lipinski definition) is 1. The molecule has 0 fully saturated rings. The van der Waals surface area contributed by atoms with Crippen molar-refractivity contribution in [1.29, 1.82) is 0 Å². The third-order valence-electron chi connectivity index (χ3n) is 7.20. The second kappa shape index (κ2) is 15.3. The number of nitrogens with zero attached hydrogens (tertiary/aromatic N) is 2. The van der Waals surface area contributed by atoms with E-state index in [-0.39, 0.29) is 17.9 Å². The van der Waals surface area contributed by atoms with Gasteiger partial charge in [0.15, 0.2) is 0 Å². The van der Waals surface area contributed by atoms with Crippen LogP contribution in [0.3, 0.4) is 0 Å². The fourth-order valence-corrected chi connectivity index (χ4v) is 6.68. The molecule has 0 aliphatic heterocycles. The second-order valence-corrected chi connectivity index (χ2v) is 13.0. The first kappa shape index (κ1) is 33.8. The number of hydrogen-bond acceptors (Lipinski definition) is 5. The van der Waals surface area contributed by atoms with Gasteiger partial charge in [0.25, 0.3) is 10.0 Å². The van der Waals surface area contributed by atoms with Gasteiger partial charge in [-0.1, -0.05) is 77.3 Å². The Kier molecular flexibility index (Phi) is 11.5. The third kappa shape index (κ3) is 8.57. The Bertz CT molecular complexity index is 1720. The van der Waals surface area contributed by atoms with Crippen molar-refractivity contribution in [3.8, 4) is 5.75 Å². The van der Waals surface area contributed by atoms with Crippen molar-refractivity contribution in [3.63, 3.8) is 0 Å². The number of likely N-dealkylation sites (N-methyl/N-ethyl adjacent to an activating group) is 1. The number of sulfonamides is 1. The Morgan fingerprint density at radius 2 is 1.58 bits per heavy atom. The molecule has 4 aromatic carbocycles. The quantitative estimate of drug-likeness (QED) is 0.181. The summed E-state index contributed by atoms with van der Waals surface area (Å²) in [6, 6.07) is 26.1. The first-order chi connectivity index (χ1) is 21.5. The molecule has 2 amide bonds. The van der Waals surface area contributed by atoms with Gasteiger partial charge in [0.2, 0.25) is 11.8 Å². The third-order valence-corrected chi connectivity index (χ3v) is 9.57. The van der Waals surface area contributed by atoms with Gasteiger partial charge in [-0.15, -0.1) is 0 Å². The fraction of sp³-hybridized carbons (Fsp3) is 0.235. The molecule has 0 saturated heterocycles. The van der Waals surface area contributed by atoms with Crippen LogP contribution in [0.5, 0.6) is 5.75 Å². The summed E-state index contributed by atoms with van der Waals surface area (Å²) in [5, 5.41) is 3.39. The molecule has 0 spiro atoms. The summed E-state index contributed by atoms with van der Waals surface area (Å²) < 4.78 is 34.8. The molecule has 4 aromatic rings. The van der Waals surface area contributed by atoms with E-state index in [4.69, 9.17) is 27.9 Å². The fourth-order valence-electron chi connectivity index (χ4n) is 4.80. The van der Waals surface area contributed by atoms with Crippen LogP contribution in [0.15, 0.2) is 102 Å². The molecule has 8 nitrogen and oxygen atoms in total. The van der Waals surface area contributed by atoms with Gasteiger partial charge in [0.1, 0.15) is 18.3 Å². The average Bonchev–Trinajstić information content (AvgIpc) is 3.03. The van der Waals surface area contributed by atoms with Gasteiger partial charge in [-0.25, -0.2) is 8.42 Å². The van der Waals surface area contributed by atoms with E-state index in [0.29, 0.717) is 33.7 Å². The molecule has 0 saturated carbocycles. The van der Waals surface area contributed by atoms with E-state index in [9.17, 15) is 18.0 Å². The average molecular weight is 669 g/mol. The molecule has 0 heterocycles. The Morgan fingerprint density at radius 1 is 0.911 bits per heavy atom. The highest BCUT2D eigenvalue weighted by Gasteiger charge is 2.34. The Labute approximate surface area is 274 Å². The van der Waals surface area contributed by atoms with Crippen molar-refractivity contribution in [1.82, 2.24) is 10.2 Å². The zero-order valence-corrected chi connectivity index (χ0v) is 27.6. The van der Waals surface area contributed by atoms with Crippen LogP contribution in [0.4, 0.5) is 5.69 Å². The van der Waals surface area contributed by atoms with Crippen LogP contribution in [-0.4, -0.2) is 51.4 Å². The lowest BCUT2D eigenvalue weighted by atomic mass is 10.0. The van der Waals surface area contributed by atoms with Gasteiger partial charge < -0.3 is 15.0 Å². The maximum Gasteiger partial charge on any atom is 0.264 e. The molecular formula is C34H35Cl2N3O5S. The number of aryl methyl sites for hydroxylation is 1.